The maximum absolute atomic E-state index is 5.89. The van der Waals surface area contributed by atoms with Crippen LogP contribution in [0.4, 0.5) is 0 Å². The van der Waals surface area contributed by atoms with Gasteiger partial charge in [0.25, 0.3) is 0 Å². The predicted octanol–water partition coefficient (Wildman–Crippen LogP) is 2.29. The van der Waals surface area contributed by atoms with Crippen LogP contribution in [0.15, 0.2) is 22.7 Å². The third-order valence-corrected chi connectivity index (χ3v) is 3.65. The van der Waals surface area contributed by atoms with Crippen molar-refractivity contribution < 1.29 is 0 Å². The number of halogens is 1. The van der Waals surface area contributed by atoms with E-state index in [4.69, 9.17) is 5.73 Å². The quantitative estimate of drug-likeness (QED) is 0.892. The van der Waals surface area contributed by atoms with E-state index in [-0.39, 0.29) is 0 Å². The van der Waals surface area contributed by atoms with Crippen molar-refractivity contribution in [2.75, 3.05) is 13.1 Å². The maximum atomic E-state index is 5.89. The molecule has 0 aliphatic carbocycles. The van der Waals surface area contributed by atoms with E-state index in [9.17, 15) is 0 Å². The Kier molecular flexibility index (Phi) is 3.44. The molecule has 15 heavy (non-hydrogen) atoms. The van der Waals surface area contributed by atoms with Crippen molar-refractivity contribution in [3.63, 3.8) is 0 Å². The Morgan fingerprint density at radius 2 is 2.33 bits per heavy atom. The van der Waals surface area contributed by atoms with Gasteiger partial charge in [0.1, 0.15) is 0 Å². The SMILES string of the molecule is Cc1ccc(CN2CC[C@@H](N)C2)c(Br)c1. The Morgan fingerprint density at radius 3 is 2.93 bits per heavy atom. The van der Waals surface area contributed by atoms with E-state index in [1.165, 1.54) is 15.6 Å². The molecule has 0 unspecified atom stereocenters. The van der Waals surface area contributed by atoms with Gasteiger partial charge in [-0.25, -0.2) is 0 Å². The fourth-order valence-corrected chi connectivity index (χ4v) is 2.65. The minimum absolute atomic E-state index is 0.370. The number of hydrogen-bond donors (Lipinski definition) is 1. The minimum Gasteiger partial charge on any atom is -0.326 e. The lowest BCUT2D eigenvalue weighted by Gasteiger charge is -2.16. The van der Waals surface area contributed by atoms with Crippen molar-refractivity contribution in [1.29, 1.82) is 0 Å². The summed E-state index contributed by atoms with van der Waals surface area (Å²) in [6.07, 6.45) is 1.13. The van der Waals surface area contributed by atoms with E-state index in [0.717, 1.165) is 26.1 Å². The number of aryl methyl sites for hydroxylation is 1. The van der Waals surface area contributed by atoms with Crippen molar-refractivity contribution in [1.82, 2.24) is 4.90 Å². The van der Waals surface area contributed by atoms with E-state index >= 15 is 0 Å². The zero-order chi connectivity index (χ0) is 10.8. The van der Waals surface area contributed by atoms with E-state index in [0.29, 0.717) is 6.04 Å². The second-order valence-electron chi connectivity index (χ2n) is 4.38. The Bertz CT molecular complexity index is 351. The lowest BCUT2D eigenvalue weighted by atomic mass is 10.1. The monoisotopic (exact) mass is 268 g/mol. The summed E-state index contributed by atoms with van der Waals surface area (Å²) in [5.74, 6) is 0. The Balaban J connectivity index is 2.04. The van der Waals surface area contributed by atoms with Gasteiger partial charge < -0.3 is 5.73 Å². The van der Waals surface area contributed by atoms with E-state index in [2.05, 4.69) is 46.0 Å². The number of hydrogen-bond acceptors (Lipinski definition) is 2. The van der Waals surface area contributed by atoms with Crippen LogP contribution in [-0.4, -0.2) is 24.0 Å². The first-order valence-corrected chi connectivity index (χ1v) is 6.17. The summed E-state index contributed by atoms with van der Waals surface area (Å²) in [6.45, 7) is 5.27. The standard InChI is InChI=1S/C12H17BrN2/c1-9-2-3-10(12(13)6-9)7-15-5-4-11(14)8-15/h2-3,6,11H,4-5,7-8,14H2,1H3/t11-/m1/s1. The average molecular weight is 269 g/mol. The summed E-state index contributed by atoms with van der Waals surface area (Å²) >= 11 is 3.61. The van der Waals surface area contributed by atoms with Crippen LogP contribution in [0.25, 0.3) is 0 Å². The molecule has 1 aromatic carbocycles. The number of rotatable bonds is 2. The smallest absolute Gasteiger partial charge is 0.0245 e. The molecule has 0 bridgehead atoms. The molecule has 0 radical (unpaired) electrons. The van der Waals surface area contributed by atoms with Crippen LogP contribution in [0.2, 0.25) is 0 Å². The molecule has 1 fully saturated rings. The van der Waals surface area contributed by atoms with Crippen molar-refractivity contribution in [2.45, 2.75) is 25.9 Å². The van der Waals surface area contributed by atoms with Crippen LogP contribution in [0.1, 0.15) is 17.5 Å². The second-order valence-corrected chi connectivity index (χ2v) is 5.23. The van der Waals surface area contributed by atoms with Crippen molar-refractivity contribution in [2.24, 2.45) is 5.73 Å². The fourth-order valence-electron chi connectivity index (χ4n) is 2.03. The van der Waals surface area contributed by atoms with Crippen LogP contribution < -0.4 is 5.73 Å². The van der Waals surface area contributed by atoms with Gasteiger partial charge in [0.2, 0.25) is 0 Å². The average Bonchev–Trinajstić information content (AvgIpc) is 2.56. The van der Waals surface area contributed by atoms with Gasteiger partial charge in [0.05, 0.1) is 0 Å². The third kappa shape index (κ3) is 2.80. The molecule has 1 atom stereocenters. The highest BCUT2D eigenvalue weighted by molar-refractivity contribution is 9.10. The molecule has 0 saturated carbocycles. The predicted molar refractivity (Wildman–Crippen MR) is 66.7 cm³/mol. The maximum Gasteiger partial charge on any atom is 0.0245 e. The molecule has 1 aromatic rings. The molecule has 82 valence electrons. The van der Waals surface area contributed by atoms with Gasteiger partial charge in [0, 0.05) is 30.1 Å². The summed E-state index contributed by atoms with van der Waals surface area (Å²) in [5.41, 5.74) is 8.54. The van der Waals surface area contributed by atoms with Crippen molar-refractivity contribution in [3.05, 3.63) is 33.8 Å². The van der Waals surface area contributed by atoms with Gasteiger partial charge in [-0.05, 0) is 30.5 Å². The highest BCUT2D eigenvalue weighted by Crippen LogP contribution is 2.21. The molecule has 0 spiro atoms. The van der Waals surface area contributed by atoms with Crippen LogP contribution in [0.3, 0.4) is 0 Å². The number of nitrogens with two attached hydrogens (primary N) is 1. The van der Waals surface area contributed by atoms with Crippen molar-refractivity contribution >= 4 is 15.9 Å². The van der Waals surface area contributed by atoms with Crippen LogP contribution >= 0.6 is 15.9 Å². The largest absolute Gasteiger partial charge is 0.326 e. The van der Waals surface area contributed by atoms with Crippen LogP contribution in [-0.2, 0) is 6.54 Å². The summed E-state index contributed by atoms with van der Waals surface area (Å²) in [5, 5.41) is 0. The molecule has 1 aliphatic rings. The molecular weight excluding hydrogens is 252 g/mol. The van der Waals surface area contributed by atoms with Gasteiger partial charge in [-0.15, -0.1) is 0 Å². The normalized spacial score (nSPS) is 22.2. The summed E-state index contributed by atoms with van der Waals surface area (Å²) in [7, 11) is 0. The molecule has 1 heterocycles. The molecular formula is C12H17BrN2. The number of nitrogens with zero attached hydrogens (tertiary/aromatic N) is 1. The lowest BCUT2D eigenvalue weighted by Crippen LogP contribution is -2.26. The minimum atomic E-state index is 0.370. The lowest BCUT2D eigenvalue weighted by molar-refractivity contribution is 0.326. The summed E-state index contributed by atoms with van der Waals surface area (Å²) in [4.78, 5) is 2.42. The first-order valence-electron chi connectivity index (χ1n) is 5.38. The number of benzene rings is 1. The van der Waals surface area contributed by atoms with Crippen LogP contribution in [0, 0.1) is 6.92 Å². The van der Waals surface area contributed by atoms with E-state index in [1.807, 2.05) is 0 Å². The van der Waals surface area contributed by atoms with Crippen molar-refractivity contribution in [3.8, 4) is 0 Å². The van der Waals surface area contributed by atoms with Crippen LogP contribution in [0.5, 0.6) is 0 Å². The fraction of sp³-hybridized carbons (Fsp3) is 0.500. The van der Waals surface area contributed by atoms with Gasteiger partial charge in [0.15, 0.2) is 0 Å². The highest BCUT2D eigenvalue weighted by atomic mass is 79.9. The molecule has 0 aromatic heterocycles. The first-order chi connectivity index (χ1) is 7.15. The topological polar surface area (TPSA) is 29.3 Å². The Hall–Kier alpha value is -0.380. The third-order valence-electron chi connectivity index (χ3n) is 2.91. The van der Waals surface area contributed by atoms with Gasteiger partial charge in [-0.3, -0.25) is 4.90 Å². The molecule has 3 heteroatoms. The first kappa shape index (κ1) is 11.1. The zero-order valence-corrected chi connectivity index (χ0v) is 10.6. The molecule has 2 nitrogen and oxygen atoms in total. The summed E-state index contributed by atoms with van der Waals surface area (Å²) < 4.78 is 1.21. The highest BCUT2D eigenvalue weighted by Gasteiger charge is 2.19. The Morgan fingerprint density at radius 1 is 1.53 bits per heavy atom. The van der Waals surface area contributed by atoms with Gasteiger partial charge >= 0.3 is 0 Å². The van der Waals surface area contributed by atoms with Gasteiger partial charge in [-0.1, -0.05) is 28.1 Å². The molecule has 0 amide bonds. The van der Waals surface area contributed by atoms with E-state index < -0.39 is 0 Å². The van der Waals surface area contributed by atoms with Gasteiger partial charge in [-0.2, -0.15) is 0 Å². The Labute approximate surface area is 99.6 Å². The van der Waals surface area contributed by atoms with E-state index in [1.54, 1.807) is 0 Å². The molecule has 2 rings (SSSR count). The zero-order valence-electron chi connectivity index (χ0n) is 9.04. The summed E-state index contributed by atoms with van der Waals surface area (Å²) in [6, 6.07) is 6.90. The number of likely N-dealkylation sites (tertiary alicyclic amines) is 1. The second kappa shape index (κ2) is 4.64. The molecule has 1 aliphatic heterocycles. The molecule has 2 N–H and O–H groups in total. The molecule has 1 saturated heterocycles.